The molecule has 0 saturated carbocycles. The highest BCUT2D eigenvalue weighted by Gasteiger charge is 2.54. The van der Waals surface area contributed by atoms with E-state index in [-0.39, 0.29) is 6.54 Å². The van der Waals surface area contributed by atoms with E-state index in [9.17, 15) is 18.0 Å². The van der Waals surface area contributed by atoms with Crippen LogP contribution in [0.5, 0.6) is 5.75 Å². The molecule has 0 fully saturated rings. The number of hydrogen-bond acceptors (Lipinski definition) is 3. The first-order valence-electron chi connectivity index (χ1n) is 6.45. The van der Waals surface area contributed by atoms with Gasteiger partial charge >= 0.3 is 6.18 Å². The molecule has 0 aliphatic carbocycles. The van der Waals surface area contributed by atoms with E-state index in [1.807, 2.05) is 18.2 Å². The molecule has 1 aromatic carbocycles. The van der Waals surface area contributed by atoms with Crippen molar-refractivity contribution in [2.75, 3.05) is 20.2 Å². The van der Waals surface area contributed by atoms with Crippen LogP contribution in [0.25, 0.3) is 0 Å². The summed E-state index contributed by atoms with van der Waals surface area (Å²) >= 11 is 0. The fourth-order valence-corrected chi connectivity index (χ4v) is 1.63. The zero-order valence-electron chi connectivity index (χ0n) is 12.0. The lowest BCUT2D eigenvalue weighted by Crippen LogP contribution is -2.61. The molecule has 0 radical (unpaired) electrons. The minimum absolute atomic E-state index is 0.133. The largest absolute Gasteiger partial charge is 0.494 e. The summed E-state index contributed by atoms with van der Waals surface area (Å²) in [4.78, 5) is 12.7. The molecular formula is C14H19F3N2O2. The Balaban J connectivity index is 2.40. The summed E-state index contributed by atoms with van der Waals surface area (Å²) in [6.07, 6.45) is -4.37. The standard InChI is InChI=1S/C14H19F3N2O2/c1-13(18,14(15,16)17)12(20)19(2)9-6-10-21-11-7-4-3-5-8-11/h3-5,7-8H,6,9-10,18H2,1-2H3. The Morgan fingerprint density at radius 2 is 1.86 bits per heavy atom. The number of benzene rings is 1. The van der Waals surface area contributed by atoms with Gasteiger partial charge in [0.05, 0.1) is 6.61 Å². The molecule has 0 aliphatic rings. The second kappa shape index (κ2) is 6.80. The minimum atomic E-state index is -4.78. The molecule has 118 valence electrons. The summed E-state index contributed by atoms with van der Waals surface area (Å²) in [5.74, 6) is -0.486. The van der Waals surface area contributed by atoms with Crippen molar-refractivity contribution >= 4 is 5.91 Å². The van der Waals surface area contributed by atoms with Crippen molar-refractivity contribution in [2.45, 2.75) is 25.1 Å². The molecule has 0 aromatic heterocycles. The normalized spacial score (nSPS) is 14.4. The fraction of sp³-hybridized carbons (Fsp3) is 0.500. The molecule has 1 aromatic rings. The van der Waals surface area contributed by atoms with Gasteiger partial charge in [-0.3, -0.25) is 4.79 Å². The van der Waals surface area contributed by atoms with E-state index in [0.717, 1.165) is 4.90 Å². The maximum atomic E-state index is 12.7. The Kier molecular flexibility index (Phi) is 5.60. The second-order valence-electron chi connectivity index (χ2n) is 4.94. The van der Waals surface area contributed by atoms with Crippen molar-refractivity contribution < 1.29 is 22.7 Å². The van der Waals surface area contributed by atoms with Gasteiger partial charge in [-0.1, -0.05) is 18.2 Å². The van der Waals surface area contributed by atoms with Gasteiger partial charge in [-0.05, 0) is 25.5 Å². The number of carbonyl (C=O) groups is 1. The lowest BCUT2D eigenvalue weighted by atomic mass is 10.0. The quantitative estimate of drug-likeness (QED) is 0.820. The predicted molar refractivity (Wildman–Crippen MR) is 72.8 cm³/mol. The number of carbonyl (C=O) groups excluding carboxylic acids is 1. The van der Waals surface area contributed by atoms with Gasteiger partial charge in [0.15, 0.2) is 5.54 Å². The van der Waals surface area contributed by atoms with Gasteiger partial charge in [0.2, 0.25) is 0 Å². The van der Waals surface area contributed by atoms with Gasteiger partial charge in [-0.15, -0.1) is 0 Å². The zero-order valence-corrected chi connectivity index (χ0v) is 12.0. The van der Waals surface area contributed by atoms with E-state index in [1.165, 1.54) is 7.05 Å². The molecule has 0 bridgehead atoms. The van der Waals surface area contributed by atoms with Crippen molar-refractivity contribution in [2.24, 2.45) is 5.73 Å². The van der Waals surface area contributed by atoms with E-state index in [2.05, 4.69) is 0 Å². The van der Waals surface area contributed by atoms with Gasteiger partial charge in [-0.2, -0.15) is 13.2 Å². The molecule has 1 atom stereocenters. The average Bonchev–Trinajstić information content (AvgIpc) is 2.42. The molecule has 1 unspecified atom stereocenters. The molecular weight excluding hydrogens is 285 g/mol. The zero-order chi connectivity index (χ0) is 16.1. The number of hydrogen-bond donors (Lipinski definition) is 1. The number of halogens is 3. The summed E-state index contributed by atoms with van der Waals surface area (Å²) in [7, 11) is 1.29. The van der Waals surface area contributed by atoms with E-state index in [1.54, 1.807) is 12.1 Å². The molecule has 0 aliphatic heterocycles. The van der Waals surface area contributed by atoms with Crippen LogP contribution in [0.3, 0.4) is 0 Å². The number of nitrogens with zero attached hydrogens (tertiary/aromatic N) is 1. The third-order valence-corrected chi connectivity index (χ3v) is 3.03. The van der Waals surface area contributed by atoms with Crippen molar-refractivity contribution in [1.82, 2.24) is 4.90 Å². The van der Waals surface area contributed by atoms with Crippen LogP contribution in [0.15, 0.2) is 30.3 Å². The van der Waals surface area contributed by atoms with Crippen molar-refractivity contribution in [3.05, 3.63) is 30.3 Å². The van der Waals surface area contributed by atoms with Crippen LogP contribution >= 0.6 is 0 Å². The molecule has 2 N–H and O–H groups in total. The lowest BCUT2D eigenvalue weighted by Gasteiger charge is -2.30. The van der Waals surface area contributed by atoms with Crippen LogP contribution in [0.1, 0.15) is 13.3 Å². The highest BCUT2D eigenvalue weighted by molar-refractivity contribution is 5.86. The second-order valence-corrected chi connectivity index (χ2v) is 4.94. The predicted octanol–water partition coefficient (Wildman–Crippen LogP) is 2.19. The highest BCUT2D eigenvalue weighted by atomic mass is 19.4. The summed E-state index contributed by atoms with van der Waals surface area (Å²) in [5, 5.41) is 0. The average molecular weight is 304 g/mol. The first-order valence-corrected chi connectivity index (χ1v) is 6.45. The number of rotatable bonds is 6. The van der Waals surface area contributed by atoms with Gasteiger partial charge in [0.1, 0.15) is 5.75 Å². The Bertz CT molecular complexity index is 461. The van der Waals surface area contributed by atoms with Gasteiger partial charge < -0.3 is 15.4 Å². The van der Waals surface area contributed by atoms with Gasteiger partial charge in [0.25, 0.3) is 5.91 Å². The monoisotopic (exact) mass is 304 g/mol. The maximum Gasteiger partial charge on any atom is 0.415 e. The van der Waals surface area contributed by atoms with Crippen LogP contribution in [-0.2, 0) is 4.79 Å². The molecule has 0 spiro atoms. The summed E-state index contributed by atoms with van der Waals surface area (Å²) in [6.45, 7) is 1.11. The third-order valence-electron chi connectivity index (χ3n) is 3.03. The van der Waals surface area contributed by atoms with Crippen LogP contribution in [0.2, 0.25) is 0 Å². The summed E-state index contributed by atoms with van der Waals surface area (Å²) in [5.41, 5.74) is 2.21. The molecule has 1 amide bonds. The number of nitrogens with two attached hydrogens (primary N) is 1. The van der Waals surface area contributed by atoms with E-state index < -0.39 is 17.6 Å². The van der Waals surface area contributed by atoms with Gasteiger partial charge in [0, 0.05) is 13.6 Å². The first kappa shape index (κ1) is 17.3. The Morgan fingerprint density at radius 1 is 1.29 bits per heavy atom. The van der Waals surface area contributed by atoms with Crippen molar-refractivity contribution in [3.8, 4) is 5.75 Å². The smallest absolute Gasteiger partial charge is 0.415 e. The Labute approximate surface area is 121 Å². The summed E-state index contributed by atoms with van der Waals surface area (Å²) < 4.78 is 43.4. The minimum Gasteiger partial charge on any atom is -0.494 e. The first-order chi connectivity index (χ1) is 9.66. The van der Waals surface area contributed by atoms with Crippen molar-refractivity contribution in [1.29, 1.82) is 0 Å². The molecule has 0 heterocycles. The number of para-hydroxylation sites is 1. The molecule has 7 heteroatoms. The van der Waals surface area contributed by atoms with Crippen LogP contribution in [0, 0.1) is 0 Å². The van der Waals surface area contributed by atoms with Crippen molar-refractivity contribution in [3.63, 3.8) is 0 Å². The molecule has 0 saturated heterocycles. The van der Waals surface area contributed by atoms with E-state index in [4.69, 9.17) is 10.5 Å². The van der Waals surface area contributed by atoms with Crippen LogP contribution in [0.4, 0.5) is 13.2 Å². The number of ether oxygens (including phenoxy) is 1. The maximum absolute atomic E-state index is 12.7. The fourth-order valence-electron chi connectivity index (χ4n) is 1.63. The van der Waals surface area contributed by atoms with Crippen LogP contribution in [-0.4, -0.2) is 42.7 Å². The molecule has 1 rings (SSSR count). The van der Waals surface area contributed by atoms with E-state index >= 15 is 0 Å². The topological polar surface area (TPSA) is 55.6 Å². The summed E-state index contributed by atoms with van der Waals surface area (Å²) in [6, 6.07) is 9.02. The van der Waals surface area contributed by atoms with Gasteiger partial charge in [-0.25, -0.2) is 0 Å². The highest BCUT2D eigenvalue weighted by Crippen LogP contribution is 2.29. The lowest BCUT2D eigenvalue weighted by molar-refractivity contribution is -0.193. The third kappa shape index (κ3) is 4.63. The molecule has 4 nitrogen and oxygen atoms in total. The SMILES string of the molecule is CN(CCCOc1ccccc1)C(=O)C(C)(N)C(F)(F)F. The van der Waals surface area contributed by atoms with E-state index in [0.29, 0.717) is 25.7 Å². The molecule has 21 heavy (non-hydrogen) atoms. The van der Waals surface area contributed by atoms with Crippen LogP contribution < -0.4 is 10.5 Å². The Morgan fingerprint density at radius 3 is 2.38 bits per heavy atom. The number of alkyl halides is 3. The number of likely N-dealkylation sites (N-methyl/N-ethyl adjacent to an activating group) is 1. The number of amides is 1. The Hall–Kier alpha value is -1.76.